The Labute approximate surface area is 336 Å². The van der Waals surface area contributed by atoms with Gasteiger partial charge in [0, 0.05) is 19.4 Å². The average Bonchev–Trinajstić information content (AvgIpc) is 3.17. The third-order valence-electron chi connectivity index (χ3n) is 10.2. The molecule has 0 aliphatic carbocycles. The summed E-state index contributed by atoms with van der Waals surface area (Å²) in [4.78, 5) is 25.2. The van der Waals surface area contributed by atoms with Crippen molar-refractivity contribution in [3.63, 3.8) is 0 Å². The van der Waals surface area contributed by atoms with Crippen molar-refractivity contribution in [2.24, 2.45) is 0 Å². The van der Waals surface area contributed by atoms with Gasteiger partial charge in [0.1, 0.15) is 6.61 Å². The lowest BCUT2D eigenvalue weighted by Gasteiger charge is -2.18. The predicted molar refractivity (Wildman–Crippen MR) is 233 cm³/mol. The number of ether oxygens (including phenoxy) is 3. The van der Waals surface area contributed by atoms with Gasteiger partial charge in [-0.15, -0.1) is 0 Å². The van der Waals surface area contributed by atoms with Gasteiger partial charge in [-0.3, -0.25) is 9.59 Å². The number of hydrogen-bond donors (Lipinski definition) is 0. The lowest BCUT2D eigenvalue weighted by Crippen LogP contribution is -2.30. The number of esters is 2. The standard InChI is InChI=1S/C49H90O5/c1-4-7-10-13-16-19-22-25-27-30-33-36-39-42-48(50)53-46-47(45-52-44-41-38-35-32-29-24-21-18-15-12-9-6-3)54-49(51)43-40-37-34-31-28-26-23-20-17-14-11-8-5-2/h7,10,16,19,25,27,47H,4-6,8-9,11-15,17-18,20-24,26,28-46H2,1-3H3/b10-7-,19-16-,27-25-. The lowest BCUT2D eigenvalue weighted by molar-refractivity contribution is -0.163. The molecule has 0 fully saturated rings. The SMILES string of the molecule is CC/C=C\C/C=C\C/C=C\CCCCCC(=O)OCC(COCCCCCCCCCCCCCC)OC(=O)CCCCCCCCCCCCCCC. The number of carbonyl (C=O) groups is 2. The highest BCUT2D eigenvalue weighted by Crippen LogP contribution is 2.15. The molecule has 0 saturated carbocycles. The average molecular weight is 759 g/mol. The van der Waals surface area contributed by atoms with Crippen LogP contribution in [0.25, 0.3) is 0 Å². The monoisotopic (exact) mass is 759 g/mol. The summed E-state index contributed by atoms with van der Waals surface area (Å²) in [5.41, 5.74) is 0. The highest BCUT2D eigenvalue weighted by Gasteiger charge is 2.17. The summed E-state index contributed by atoms with van der Waals surface area (Å²) in [6, 6.07) is 0. The van der Waals surface area contributed by atoms with Crippen LogP contribution in [-0.2, 0) is 23.8 Å². The second kappa shape index (κ2) is 45.5. The maximum absolute atomic E-state index is 12.7. The van der Waals surface area contributed by atoms with Crippen LogP contribution < -0.4 is 0 Å². The molecule has 0 saturated heterocycles. The molecule has 0 N–H and O–H groups in total. The summed E-state index contributed by atoms with van der Waals surface area (Å²) in [6.45, 7) is 7.71. The molecule has 316 valence electrons. The van der Waals surface area contributed by atoms with E-state index < -0.39 is 6.10 Å². The van der Waals surface area contributed by atoms with Crippen LogP contribution in [0.3, 0.4) is 0 Å². The first kappa shape index (κ1) is 52.1. The number of hydrogen-bond acceptors (Lipinski definition) is 5. The molecular weight excluding hydrogens is 669 g/mol. The number of rotatable bonds is 43. The molecule has 0 aromatic heterocycles. The molecule has 0 bridgehead atoms. The topological polar surface area (TPSA) is 61.8 Å². The normalized spacial score (nSPS) is 12.4. The molecule has 0 spiro atoms. The quantitative estimate of drug-likeness (QED) is 0.0352. The van der Waals surface area contributed by atoms with Gasteiger partial charge in [-0.25, -0.2) is 0 Å². The summed E-state index contributed by atoms with van der Waals surface area (Å²) in [7, 11) is 0. The zero-order chi connectivity index (χ0) is 39.3. The van der Waals surface area contributed by atoms with Crippen molar-refractivity contribution in [1.82, 2.24) is 0 Å². The highest BCUT2D eigenvalue weighted by molar-refractivity contribution is 5.70. The van der Waals surface area contributed by atoms with E-state index in [9.17, 15) is 9.59 Å². The van der Waals surface area contributed by atoms with Gasteiger partial charge in [0.2, 0.25) is 0 Å². The lowest BCUT2D eigenvalue weighted by atomic mass is 10.0. The zero-order valence-electron chi connectivity index (χ0n) is 36.2. The van der Waals surface area contributed by atoms with Crippen LogP contribution in [-0.4, -0.2) is 37.9 Å². The minimum Gasteiger partial charge on any atom is -0.462 e. The Kier molecular flexibility index (Phi) is 43.9. The van der Waals surface area contributed by atoms with E-state index in [2.05, 4.69) is 57.2 Å². The molecule has 0 rings (SSSR count). The van der Waals surface area contributed by atoms with Crippen molar-refractivity contribution in [2.45, 2.75) is 245 Å². The second-order valence-electron chi connectivity index (χ2n) is 15.6. The first-order chi connectivity index (χ1) is 26.6. The molecule has 54 heavy (non-hydrogen) atoms. The molecule has 0 aromatic carbocycles. The van der Waals surface area contributed by atoms with Gasteiger partial charge in [0.15, 0.2) is 6.10 Å². The fourth-order valence-corrected chi connectivity index (χ4v) is 6.70. The Morgan fingerprint density at radius 3 is 1.33 bits per heavy atom. The number of allylic oxidation sites excluding steroid dienone is 6. The van der Waals surface area contributed by atoms with Crippen LogP contribution >= 0.6 is 0 Å². The van der Waals surface area contributed by atoms with Crippen LogP contribution in [0.4, 0.5) is 0 Å². The van der Waals surface area contributed by atoms with E-state index in [1.165, 1.54) is 141 Å². The van der Waals surface area contributed by atoms with E-state index in [-0.39, 0.29) is 25.2 Å². The Balaban J connectivity index is 4.27. The third-order valence-corrected chi connectivity index (χ3v) is 10.2. The minimum absolute atomic E-state index is 0.0755. The van der Waals surface area contributed by atoms with Crippen molar-refractivity contribution in [1.29, 1.82) is 0 Å². The summed E-state index contributed by atoms with van der Waals surface area (Å²) >= 11 is 0. The summed E-state index contributed by atoms with van der Waals surface area (Å²) < 4.78 is 17.3. The van der Waals surface area contributed by atoms with E-state index in [0.29, 0.717) is 19.4 Å². The molecule has 1 unspecified atom stereocenters. The third kappa shape index (κ3) is 42.9. The molecule has 5 nitrogen and oxygen atoms in total. The van der Waals surface area contributed by atoms with E-state index in [1.807, 2.05) is 0 Å². The zero-order valence-corrected chi connectivity index (χ0v) is 36.2. The Morgan fingerprint density at radius 1 is 0.426 bits per heavy atom. The maximum atomic E-state index is 12.7. The summed E-state index contributed by atoms with van der Waals surface area (Å²) in [5.74, 6) is -0.420. The van der Waals surface area contributed by atoms with Gasteiger partial charge < -0.3 is 14.2 Å². The molecule has 0 aromatic rings. The van der Waals surface area contributed by atoms with Gasteiger partial charge >= 0.3 is 11.9 Å². The first-order valence-electron chi connectivity index (χ1n) is 23.5. The largest absolute Gasteiger partial charge is 0.462 e. The van der Waals surface area contributed by atoms with Crippen LogP contribution in [0.2, 0.25) is 0 Å². The van der Waals surface area contributed by atoms with Crippen molar-refractivity contribution in [2.75, 3.05) is 19.8 Å². The van der Waals surface area contributed by atoms with Crippen molar-refractivity contribution in [3.8, 4) is 0 Å². The van der Waals surface area contributed by atoms with Crippen LogP contribution in [0, 0.1) is 0 Å². The molecule has 0 aliphatic rings. The van der Waals surface area contributed by atoms with Crippen molar-refractivity contribution in [3.05, 3.63) is 36.5 Å². The van der Waals surface area contributed by atoms with Crippen LogP contribution in [0.1, 0.15) is 239 Å². The maximum Gasteiger partial charge on any atom is 0.306 e. The van der Waals surface area contributed by atoms with Crippen LogP contribution in [0.5, 0.6) is 0 Å². The predicted octanol–water partition coefficient (Wildman–Crippen LogP) is 15.4. The molecule has 0 heterocycles. The van der Waals surface area contributed by atoms with E-state index in [0.717, 1.165) is 64.2 Å². The Morgan fingerprint density at radius 2 is 0.833 bits per heavy atom. The van der Waals surface area contributed by atoms with E-state index in [1.54, 1.807) is 0 Å². The van der Waals surface area contributed by atoms with E-state index >= 15 is 0 Å². The Bertz CT molecular complexity index is 862. The van der Waals surface area contributed by atoms with Gasteiger partial charge in [-0.05, 0) is 51.4 Å². The molecule has 0 amide bonds. The molecule has 1 atom stereocenters. The Hall–Kier alpha value is -1.88. The van der Waals surface area contributed by atoms with Gasteiger partial charge in [0.05, 0.1) is 6.61 Å². The first-order valence-corrected chi connectivity index (χ1v) is 23.5. The van der Waals surface area contributed by atoms with Gasteiger partial charge in [-0.2, -0.15) is 0 Å². The molecule has 0 aliphatic heterocycles. The second-order valence-corrected chi connectivity index (χ2v) is 15.6. The highest BCUT2D eigenvalue weighted by atomic mass is 16.6. The van der Waals surface area contributed by atoms with Crippen molar-refractivity contribution >= 4 is 11.9 Å². The fourth-order valence-electron chi connectivity index (χ4n) is 6.70. The molecule has 0 radical (unpaired) electrons. The van der Waals surface area contributed by atoms with Crippen LogP contribution in [0.15, 0.2) is 36.5 Å². The number of carbonyl (C=O) groups excluding carboxylic acids is 2. The fraction of sp³-hybridized carbons (Fsp3) is 0.837. The van der Waals surface area contributed by atoms with Crippen molar-refractivity contribution < 1.29 is 23.8 Å². The molecule has 5 heteroatoms. The molecular formula is C49H90O5. The smallest absolute Gasteiger partial charge is 0.306 e. The summed E-state index contributed by atoms with van der Waals surface area (Å²) in [5, 5.41) is 0. The van der Waals surface area contributed by atoms with E-state index in [4.69, 9.17) is 14.2 Å². The van der Waals surface area contributed by atoms with Gasteiger partial charge in [0.25, 0.3) is 0 Å². The number of unbranched alkanes of at least 4 members (excludes halogenated alkanes) is 26. The summed E-state index contributed by atoms with van der Waals surface area (Å²) in [6.07, 6.45) is 52.8. The van der Waals surface area contributed by atoms with Gasteiger partial charge in [-0.1, -0.05) is 211 Å². The minimum atomic E-state index is -0.539.